The standard InChI is InChI=1S/C15H19BrN2O4S/c1-4-18-9(2)12(14(19)22-6-5-21-3)13(17-15(18)20)11-7-10(16)8-23-11/h7-8,13H,4-6H2,1-3H3,(H,17,20)/t13-/m0/s1. The van der Waals surface area contributed by atoms with Crippen molar-refractivity contribution in [2.75, 3.05) is 26.9 Å². The first kappa shape index (κ1) is 18.0. The molecule has 0 aromatic carbocycles. The lowest BCUT2D eigenvalue weighted by Gasteiger charge is -2.34. The van der Waals surface area contributed by atoms with Crippen LogP contribution >= 0.6 is 27.3 Å². The van der Waals surface area contributed by atoms with Gasteiger partial charge < -0.3 is 14.8 Å². The van der Waals surface area contributed by atoms with Gasteiger partial charge in [0.25, 0.3) is 0 Å². The average Bonchev–Trinajstić information content (AvgIpc) is 2.93. The molecule has 2 rings (SSSR count). The Morgan fingerprint density at radius 1 is 1.48 bits per heavy atom. The number of rotatable bonds is 6. The molecule has 1 aliphatic rings. The van der Waals surface area contributed by atoms with E-state index in [1.165, 1.54) is 16.2 Å². The lowest BCUT2D eigenvalue weighted by Crippen LogP contribution is -2.47. The molecule has 6 nitrogen and oxygen atoms in total. The summed E-state index contributed by atoms with van der Waals surface area (Å²) < 4.78 is 11.1. The Kier molecular flexibility index (Phi) is 6.20. The van der Waals surface area contributed by atoms with Gasteiger partial charge in [-0.25, -0.2) is 9.59 Å². The minimum atomic E-state index is -0.503. The normalized spacial score (nSPS) is 18.2. The monoisotopic (exact) mass is 402 g/mol. The molecular weight excluding hydrogens is 384 g/mol. The van der Waals surface area contributed by atoms with Crippen molar-refractivity contribution in [3.8, 4) is 0 Å². The van der Waals surface area contributed by atoms with Crippen LogP contribution in [0.4, 0.5) is 4.79 Å². The topological polar surface area (TPSA) is 67.9 Å². The molecule has 2 heterocycles. The highest BCUT2D eigenvalue weighted by Crippen LogP contribution is 2.35. The Bertz CT molecular complexity index is 629. The van der Waals surface area contributed by atoms with Crippen LogP contribution in [0.1, 0.15) is 24.8 Å². The minimum absolute atomic E-state index is 0.174. The predicted octanol–water partition coefficient (Wildman–Crippen LogP) is 3.06. The Labute approximate surface area is 147 Å². The van der Waals surface area contributed by atoms with Gasteiger partial charge in [0, 0.05) is 34.1 Å². The molecule has 0 aliphatic carbocycles. The van der Waals surface area contributed by atoms with E-state index in [4.69, 9.17) is 9.47 Å². The number of halogens is 1. The molecule has 0 saturated carbocycles. The van der Waals surface area contributed by atoms with E-state index >= 15 is 0 Å². The number of methoxy groups -OCH3 is 1. The highest BCUT2D eigenvalue weighted by atomic mass is 79.9. The lowest BCUT2D eigenvalue weighted by molar-refractivity contribution is -0.140. The lowest BCUT2D eigenvalue weighted by atomic mass is 10.0. The van der Waals surface area contributed by atoms with Crippen molar-refractivity contribution in [2.45, 2.75) is 19.9 Å². The van der Waals surface area contributed by atoms with Gasteiger partial charge in [0.05, 0.1) is 18.2 Å². The van der Waals surface area contributed by atoms with E-state index in [0.29, 0.717) is 24.4 Å². The molecule has 0 fully saturated rings. The zero-order valence-electron chi connectivity index (χ0n) is 13.2. The van der Waals surface area contributed by atoms with Crippen molar-refractivity contribution in [3.63, 3.8) is 0 Å². The number of esters is 1. The second-order valence-electron chi connectivity index (χ2n) is 4.92. The maximum Gasteiger partial charge on any atom is 0.338 e. The molecule has 0 bridgehead atoms. The number of hydrogen-bond donors (Lipinski definition) is 1. The van der Waals surface area contributed by atoms with E-state index in [1.54, 1.807) is 14.0 Å². The first-order valence-corrected chi connectivity index (χ1v) is 8.85. The number of nitrogens with one attached hydrogen (secondary N) is 1. The zero-order chi connectivity index (χ0) is 17.0. The number of urea groups is 1. The van der Waals surface area contributed by atoms with Crippen LogP contribution in [0.2, 0.25) is 0 Å². The zero-order valence-corrected chi connectivity index (χ0v) is 15.6. The fraction of sp³-hybridized carbons (Fsp3) is 0.467. The van der Waals surface area contributed by atoms with Crippen LogP contribution in [0, 0.1) is 0 Å². The minimum Gasteiger partial charge on any atom is -0.460 e. The molecule has 1 aromatic rings. The number of carbonyl (C=O) groups is 2. The van der Waals surface area contributed by atoms with Crippen LogP contribution in [0.25, 0.3) is 0 Å². The van der Waals surface area contributed by atoms with Crippen molar-refractivity contribution in [1.29, 1.82) is 0 Å². The van der Waals surface area contributed by atoms with Crippen LogP contribution in [0.5, 0.6) is 0 Å². The average molecular weight is 403 g/mol. The van der Waals surface area contributed by atoms with Gasteiger partial charge in [-0.2, -0.15) is 0 Å². The quantitative estimate of drug-likeness (QED) is 0.586. The number of ether oxygens (including phenoxy) is 2. The predicted molar refractivity (Wildman–Crippen MR) is 91.2 cm³/mol. The number of allylic oxidation sites excluding steroid dienone is 1. The van der Waals surface area contributed by atoms with Gasteiger partial charge in [0.15, 0.2) is 0 Å². The van der Waals surface area contributed by atoms with Gasteiger partial charge in [0.2, 0.25) is 0 Å². The fourth-order valence-electron chi connectivity index (χ4n) is 2.41. The van der Waals surface area contributed by atoms with Crippen molar-refractivity contribution in [2.24, 2.45) is 0 Å². The van der Waals surface area contributed by atoms with Crippen molar-refractivity contribution < 1.29 is 19.1 Å². The number of thiophene rings is 1. The van der Waals surface area contributed by atoms with E-state index in [0.717, 1.165) is 9.35 Å². The molecule has 1 aliphatic heterocycles. The number of carbonyl (C=O) groups excluding carboxylic acids is 2. The summed E-state index contributed by atoms with van der Waals surface area (Å²) in [6, 6.07) is 1.18. The Hall–Kier alpha value is -1.38. The van der Waals surface area contributed by atoms with Gasteiger partial charge in [0.1, 0.15) is 6.61 Å². The van der Waals surface area contributed by atoms with E-state index in [1.807, 2.05) is 18.4 Å². The molecular formula is C15H19BrN2O4S. The molecule has 1 aromatic heterocycles. The fourth-order valence-corrected chi connectivity index (χ4v) is 3.92. The highest BCUT2D eigenvalue weighted by Gasteiger charge is 2.36. The first-order valence-electron chi connectivity index (χ1n) is 7.18. The van der Waals surface area contributed by atoms with Crippen LogP contribution in [-0.2, 0) is 14.3 Å². The Morgan fingerprint density at radius 2 is 2.22 bits per heavy atom. The van der Waals surface area contributed by atoms with Crippen LogP contribution in [0.15, 0.2) is 27.2 Å². The van der Waals surface area contributed by atoms with E-state index in [2.05, 4.69) is 21.2 Å². The van der Waals surface area contributed by atoms with Crippen LogP contribution in [-0.4, -0.2) is 43.8 Å². The van der Waals surface area contributed by atoms with Gasteiger partial charge in [-0.1, -0.05) is 0 Å². The Morgan fingerprint density at radius 3 is 2.78 bits per heavy atom. The van der Waals surface area contributed by atoms with Crippen molar-refractivity contribution in [3.05, 3.63) is 32.1 Å². The van der Waals surface area contributed by atoms with E-state index in [-0.39, 0.29) is 12.6 Å². The summed E-state index contributed by atoms with van der Waals surface area (Å²) in [6.45, 7) is 4.61. The van der Waals surface area contributed by atoms with Gasteiger partial charge in [-0.05, 0) is 35.8 Å². The third-order valence-electron chi connectivity index (χ3n) is 3.53. The van der Waals surface area contributed by atoms with Gasteiger partial charge >= 0.3 is 12.0 Å². The Balaban J connectivity index is 2.37. The van der Waals surface area contributed by atoms with Gasteiger partial charge in [-0.3, -0.25) is 4.90 Å². The largest absolute Gasteiger partial charge is 0.460 e. The summed E-state index contributed by atoms with van der Waals surface area (Å²) in [5.74, 6) is -0.437. The second-order valence-corrected chi connectivity index (χ2v) is 6.78. The molecule has 0 saturated heterocycles. The molecule has 8 heteroatoms. The number of hydrogen-bond acceptors (Lipinski definition) is 5. The van der Waals surface area contributed by atoms with Crippen molar-refractivity contribution in [1.82, 2.24) is 10.2 Å². The molecule has 23 heavy (non-hydrogen) atoms. The highest BCUT2D eigenvalue weighted by molar-refractivity contribution is 9.10. The third-order valence-corrected chi connectivity index (χ3v) is 5.28. The SMILES string of the molecule is CCN1C(=O)N[C@@H](c2cc(Br)cs2)C(C(=O)OCCOC)=C1C. The smallest absolute Gasteiger partial charge is 0.338 e. The molecule has 0 spiro atoms. The molecule has 126 valence electrons. The molecule has 1 N–H and O–H groups in total. The van der Waals surface area contributed by atoms with Crippen LogP contribution < -0.4 is 5.32 Å². The summed E-state index contributed by atoms with van der Waals surface area (Å²) in [7, 11) is 1.55. The molecule has 2 amide bonds. The van der Waals surface area contributed by atoms with Crippen LogP contribution in [0.3, 0.4) is 0 Å². The summed E-state index contributed by atoms with van der Waals surface area (Å²) in [6.07, 6.45) is 0. The first-order chi connectivity index (χ1) is 11.0. The number of amides is 2. The van der Waals surface area contributed by atoms with E-state index in [9.17, 15) is 9.59 Å². The molecule has 0 unspecified atom stereocenters. The third kappa shape index (κ3) is 3.94. The number of nitrogens with zero attached hydrogens (tertiary/aromatic N) is 1. The second kappa shape index (κ2) is 7.94. The summed E-state index contributed by atoms with van der Waals surface area (Å²) in [5, 5.41) is 4.80. The summed E-state index contributed by atoms with van der Waals surface area (Å²) >= 11 is 4.87. The van der Waals surface area contributed by atoms with E-state index < -0.39 is 12.0 Å². The van der Waals surface area contributed by atoms with Crippen molar-refractivity contribution >= 4 is 39.3 Å². The summed E-state index contributed by atoms with van der Waals surface area (Å²) in [4.78, 5) is 27.2. The summed E-state index contributed by atoms with van der Waals surface area (Å²) in [5.41, 5.74) is 1.07. The molecule has 0 radical (unpaired) electrons. The maximum atomic E-state index is 12.5. The molecule has 1 atom stereocenters. The van der Waals surface area contributed by atoms with Gasteiger partial charge in [-0.15, -0.1) is 11.3 Å². The maximum absolute atomic E-state index is 12.5.